The van der Waals surface area contributed by atoms with Crippen LogP contribution in [-0.4, -0.2) is 21.6 Å². The molecule has 1 atom stereocenters. The monoisotopic (exact) mass is 230 g/mol. The van der Waals surface area contributed by atoms with Crippen LogP contribution in [0.3, 0.4) is 0 Å². The van der Waals surface area contributed by atoms with Crippen molar-refractivity contribution in [1.82, 2.24) is 4.34 Å². The SMILES string of the molecule is NC(=O)c1cn(P)c([N+](=O)[O-])c1NC=O. The van der Waals surface area contributed by atoms with Crippen LogP contribution in [0.1, 0.15) is 10.4 Å². The lowest BCUT2D eigenvalue weighted by atomic mass is 10.3. The molecule has 3 N–H and O–H groups in total. The Labute approximate surface area is 85.8 Å². The summed E-state index contributed by atoms with van der Waals surface area (Å²) in [6.07, 6.45) is 1.39. The number of carbonyl (C=O) groups is 2. The molecule has 0 fully saturated rings. The van der Waals surface area contributed by atoms with E-state index in [2.05, 4.69) is 5.32 Å². The lowest BCUT2D eigenvalue weighted by molar-refractivity contribution is -0.389. The number of nitrogens with one attached hydrogen (secondary N) is 1. The van der Waals surface area contributed by atoms with Gasteiger partial charge in [-0.2, -0.15) is 0 Å². The summed E-state index contributed by atoms with van der Waals surface area (Å²) >= 11 is 0. The summed E-state index contributed by atoms with van der Waals surface area (Å²) in [6.45, 7) is 0. The van der Waals surface area contributed by atoms with Gasteiger partial charge >= 0.3 is 5.82 Å². The van der Waals surface area contributed by atoms with E-state index in [1.807, 2.05) is 9.39 Å². The van der Waals surface area contributed by atoms with Gasteiger partial charge in [-0.05, 0) is 4.92 Å². The molecule has 0 aliphatic heterocycles. The number of anilines is 1. The van der Waals surface area contributed by atoms with Crippen LogP contribution in [0.15, 0.2) is 6.20 Å². The minimum atomic E-state index is -0.858. The van der Waals surface area contributed by atoms with Crippen LogP contribution in [0.25, 0.3) is 0 Å². The van der Waals surface area contributed by atoms with Gasteiger partial charge in [0.05, 0.1) is 9.39 Å². The number of hydrogen-bond donors (Lipinski definition) is 2. The van der Waals surface area contributed by atoms with Gasteiger partial charge in [0.1, 0.15) is 11.8 Å². The molecule has 8 nitrogen and oxygen atoms in total. The molecule has 1 heterocycles. The van der Waals surface area contributed by atoms with Gasteiger partial charge in [-0.15, -0.1) is 0 Å². The van der Waals surface area contributed by atoms with Gasteiger partial charge < -0.3 is 21.2 Å². The second kappa shape index (κ2) is 4.05. The molecule has 1 aromatic rings. The zero-order valence-electron chi connectivity index (χ0n) is 7.34. The summed E-state index contributed by atoms with van der Waals surface area (Å²) < 4.78 is 1.02. The highest BCUT2D eigenvalue weighted by atomic mass is 31.0. The van der Waals surface area contributed by atoms with Crippen molar-refractivity contribution in [3.8, 4) is 0 Å². The molecule has 0 spiro atoms. The van der Waals surface area contributed by atoms with E-state index in [9.17, 15) is 19.7 Å². The number of primary amides is 1. The second-order valence-corrected chi connectivity index (χ2v) is 3.09. The number of amides is 2. The molecule has 0 aliphatic carbocycles. The highest BCUT2D eigenvalue weighted by Crippen LogP contribution is 2.31. The first-order chi connectivity index (χ1) is 6.99. The third-order valence-electron chi connectivity index (χ3n) is 1.65. The number of nitro groups is 1. The predicted octanol–water partition coefficient (Wildman–Crippen LogP) is -0.298. The number of nitrogens with zero attached hydrogens (tertiary/aromatic N) is 2. The molecule has 2 amide bonds. The van der Waals surface area contributed by atoms with Crippen LogP contribution >= 0.6 is 9.39 Å². The van der Waals surface area contributed by atoms with Crippen molar-refractivity contribution < 1.29 is 14.5 Å². The summed E-state index contributed by atoms with van der Waals surface area (Å²) in [4.78, 5) is 31.0. The first-order valence-corrected chi connectivity index (χ1v) is 4.15. The number of hydrogen-bond acceptors (Lipinski definition) is 4. The normalized spacial score (nSPS) is 9.67. The Bertz CT molecular complexity index is 441. The zero-order chi connectivity index (χ0) is 11.6. The molecule has 0 saturated heterocycles. The van der Waals surface area contributed by atoms with Crippen molar-refractivity contribution in [3.63, 3.8) is 0 Å². The molecule has 0 radical (unpaired) electrons. The minimum absolute atomic E-state index is 0.121. The lowest BCUT2D eigenvalue weighted by Crippen LogP contribution is -2.12. The van der Waals surface area contributed by atoms with Crippen molar-refractivity contribution >= 4 is 33.2 Å². The molecule has 9 heteroatoms. The van der Waals surface area contributed by atoms with E-state index in [0.29, 0.717) is 0 Å². The fraction of sp³-hybridized carbons (Fsp3) is 0. The van der Waals surface area contributed by atoms with Crippen LogP contribution < -0.4 is 11.1 Å². The summed E-state index contributed by atoms with van der Waals surface area (Å²) in [5.74, 6) is -1.29. The number of rotatable bonds is 4. The Hall–Kier alpha value is -1.95. The van der Waals surface area contributed by atoms with Crippen LogP contribution in [0.5, 0.6) is 0 Å². The first-order valence-electron chi connectivity index (χ1n) is 3.63. The van der Waals surface area contributed by atoms with E-state index in [-0.39, 0.29) is 17.7 Å². The second-order valence-electron chi connectivity index (χ2n) is 2.53. The summed E-state index contributed by atoms with van der Waals surface area (Å²) in [5.41, 5.74) is 4.66. The quantitative estimate of drug-likeness (QED) is 0.319. The molecule has 0 bridgehead atoms. The molecular formula is C6H7N4O4P. The molecular weight excluding hydrogens is 223 g/mol. The number of nitrogens with two attached hydrogens (primary N) is 1. The van der Waals surface area contributed by atoms with Crippen LogP contribution in [0.2, 0.25) is 0 Å². The summed E-state index contributed by atoms with van der Waals surface area (Å²) in [5, 5.41) is 12.7. The molecule has 0 aliphatic rings. The molecule has 1 unspecified atom stereocenters. The van der Waals surface area contributed by atoms with Gasteiger partial charge in [-0.25, -0.2) is 4.34 Å². The fourth-order valence-corrected chi connectivity index (χ4v) is 1.46. The maximum absolute atomic E-state index is 10.9. The average Bonchev–Trinajstić information content (AvgIpc) is 2.43. The maximum Gasteiger partial charge on any atom is 0.349 e. The average molecular weight is 230 g/mol. The Balaban J connectivity index is 3.43. The standard InChI is InChI=1S/C6H7N4O4P/c7-5(12)3-1-9(15)6(10(13)14)4(3)8-2-11/h1-2H,15H2,(H2,7,12)(H,8,11). The van der Waals surface area contributed by atoms with E-state index in [0.717, 1.165) is 10.5 Å². The van der Waals surface area contributed by atoms with Crippen LogP contribution in [0, 0.1) is 10.1 Å². The van der Waals surface area contributed by atoms with Crippen molar-refractivity contribution in [3.05, 3.63) is 21.9 Å². The Morgan fingerprint density at radius 1 is 1.73 bits per heavy atom. The third-order valence-corrected chi connectivity index (χ3v) is 2.04. The molecule has 0 saturated carbocycles. The largest absolute Gasteiger partial charge is 0.365 e. The zero-order valence-corrected chi connectivity index (χ0v) is 8.49. The minimum Gasteiger partial charge on any atom is -0.365 e. The van der Waals surface area contributed by atoms with Crippen LogP contribution in [0.4, 0.5) is 11.5 Å². The van der Waals surface area contributed by atoms with Crippen molar-refractivity contribution in [2.24, 2.45) is 5.73 Å². The van der Waals surface area contributed by atoms with E-state index < -0.39 is 16.6 Å². The van der Waals surface area contributed by atoms with E-state index in [4.69, 9.17) is 5.73 Å². The van der Waals surface area contributed by atoms with E-state index in [1.165, 1.54) is 0 Å². The topological polar surface area (TPSA) is 120 Å². The number of aromatic nitrogens is 1. The highest BCUT2D eigenvalue weighted by Gasteiger charge is 2.25. The van der Waals surface area contributed by atoms with Gasteiger partial charge in [0, 0.05) is 0 Å². The summed E-state index contributed by atoms with van der Waals surface area (Å²) in [7, 11) is 2.02. The van der Waals surface area contributed by atoms with E-state index >= 15 is 0 Å². The molecule has 1 rings (SSSR count). The van der Waals surface area contributed by atoms with Crippen molar-refractivity contribution in [2.75, 3.05) is 5.32 Å². The third kappa shape index (κ3) is 1.94. The smallest absolute Gasteiger partial charge is 0.349 e. The van der Waals surface area contributed by atoms with Gasteiger partial charge in [-0.1, -0.05) is 0 Å². The molecule has 0 aromatic carbocycles. The molecule has 80 valence electrons. The molecule has 15 heavy (non-hydrogen) atoms. The van der Waals surface area contributed by atoms with Gasteiger partial charge in [-0.3, -0.25) is 9.59 Å². The van der Waals surface area contributed by atoms with Crippen molar-refractivity contribution in [2.45, 2.75) is 0 Å². The lowest BCUT2D eigenvalue weighted by Gasteiger charge is -1.99. The predicted molar refractivity (Wildman–Crippen MR) is 54.4 cm³/mol. The highest BCUT2D eigenvalue weighted by molar-refractivity contribution is 7.14. The number of carbonyl (C=O) groups excluding carboxylic acids is 2. The Morgan fingerprint density at radius 2 is 2.33 bits per heavy atom. The maximum atomic E-state index is 10.9. The van der Waals surface area contributed by atoms with Crippen molar-refractivity contribution in [1.29, 1.82) is 0 Å². The Morgan fingerprint density at radius 3 is 2.73 bits per heavy atom. The van der Waals surface area contributed by atoms with Gasteiger partial charge in [0.25, 0.3) is 5.91 Å². The van der Waals surface area contributed by atoms with E-state index in [1.54, 1.807) is 0 Å². The molecule has 1 aromatic heterocycles. The van der Waals surface area contributed by atoms with Gasteiger partial charge in [0.15, 0.2) is 5.69 Å². The fourth-order valence-electron chi connectivity index (χ4n) is 1.09. The Kier molecular flexibility index (Phi) is 3.01. The van der Waals surface area contributed by atoms with Crippen LogP contribution in [-0.2, 0) is 4.79 Å². The van der Waals surface area contributed by atoms with Gasteiger partial charge in [0.2, 0.25) is 6.41 Å². The first kappa shape index (κ1) is 11.1. The summed E-state index contributed by atoms with van der Waals surface area (Å²) in [6, 6.07) is 0.